The van der Waals surface area contributed by atoms with Crippen LogP contribution in [0.25, 0.3) is 11.4 Å². The molecule has 1 aliphatic heterocycles. The summed E-state index contributed by atoms with van der Waals surface area (Å²) in [6.07, 6.45) is 0.272. The number of aromatic nitrogens is 2. The number of carbonyl (C=O) groups excluding carboxylic acids is 1. The van der Waals surface area contributed by atoms with Gasteiger partial charge in [-0.25, -0.2) is 0 Å². The predicted molar refractivity (Wildman–Crippen MR) is 130 cm³/mol. The molecule has 1 unspecified atom stereocenters. The molecule has 0 N–H and O–H groups in total. The highest BCUT2D eigenvalue weighted by molar-refractivity contribution is 5.98. The van der Waals surface area contributed by atoms with Crippen LogP contribution in [0.5, 0.6) is 17.2 Å². The van der Waals surface area contributed by atoms with E-state index in [9.17, 15) is 4.79 Å². The number of nitrogens with zero attached hydrogens (tertiary/aromatic N) is 3. The highest BCUT2D eigenvalue weighted by Gasteiger charge is 2.36. The number of anilines is 1. The lowest BCUT2D eigenvalue weighted by atomic mass is 10.1. The van der Waals surface area contributed by atoms with Gasteiger partial charge in [-0.05, 0) is 42.0 Å². The van der Waals surface area contributed by atoms with E-state index in [1.54, 1.807) is 37.3 Å². The third-order valence-corrected chi connectivity index (χ3v) is 5.95. The maximum absolute atomic E-state index is 12.8. The predicted octanol–water partition coefficient (Wildman–Crippen LogP) is 4.85. The monoisotopic (exact) mass is 471 g/mol. The Morgan fingerprint density at radius 2 is 1.74 bits per heavy atom. The number of ether oxygens (including phenoxy) is 3. The van der Waals surface area contributed by atoms with Crippen molar-refractivity contribution in [3.8, 4) is 28.6 Å². The minimum Gasteiger partial charge on any atom is -0.497 e. The van der Waals surface area contributed by atoms with Crippen LogP contribution in [0.3, 0.4) is 0 Å². The summed E-state index contributed by atoms with van der Waals surface area (Å²) in [7, 11) is 3.16. The van der Waals surface area contributed by atoms with Gasteiger partial charge >= 0.3 is 0 Å². The molecule has 5 rings (SSSR count). The van der Waals surface area contributed by atoms with E-state index in [1.165, 1.54) is 0 Å². The summed E-state index contributed by atoms with van der Waals surface area (Å²) in [5.74, 6) is 2.65. The molecule has 0 radical (unpaired) electrons. The summed E-state index contributed by atoms with van der Waals surface area (Å²) in [6.45, 7) is 0.910. The molecule has 1 saturated heterocycles. The molecule has 8 nitrogen and oxygen atoms in total. The molecule has 1 aliphatic rings. The van der Waals surface area contributed by atoms with E-state index in [1.807, 2.05) is 54.6 Å². The molecule has 0 aliphatic carbocycles. The van der Waals surface area contributed by atoms with Crippen LogP contribution in [0, 0.1) is 0 Å². The Morgan fingerprint density at radius 3 is 2.49 bits per heavy atom. The molecule has 1 atom stereocenters. The third kappa shape index (κ3) is 4.82. The van der Waals surface area contributed by atoms with Gasteiger partial charge in [0.1, 0.15) is 23.9 Å². The Hall–Kier alpha value is -4.33. The quantitative estimate of drug-likeness (QED) is 0.363. The normalized spacial score (nSPS) is 15.3. The van der Waals surface area contributed by atoms with Crippen molar-refractivity contribution >= 4 is 11.6 Å². The average molecular weight is 472 g/mol. The van der Waals surface area contributed by atoms with E-state index in [4.69, 9.17) is 18.7 Å². The maximum Gasteiger partial charge on any atom is 0.232 e. The second kappa shape index (κ2) is 9.89. The van der Waals surface area contributed by atoms with Gasteiger partial charge in [-0.15, -0.1) is 0 Å². The van der Waals surface area contributed by atoms with Crippen LogP contribution in [0.15, 0.2) is 77.3 Å². The summed E-state index contributed by atoms with van der Waals surface area (Å²) in [5, 5.41) is 4.14. The van der Waals surface area contributed by atoms with Gasteiger partial charge in [0, 0.05) is 24.6 Å². The highest BCUT2D eigenvalue weighted by atomic mass is 16.5. The fourth-order valence-corrected chi connectivity index (χ4v) is 4.07. The van der Waals surface area contributed by atoms with E-state index >= 15 is 0 Å². The Bertz CT molecular complexity index is 1300. The van der Waals surface area contributed by atoms with E-state index in [0.717, 1.165) is 16.9 Å². The molecule has 35 heavy (non-hydrogen) atoms. The first kappa shape index (κ1) is 22.5. The zero-order valence-corrected chi connectivity index (χ0v) is 19.5. The van der Waals surface area contributed by atoms with Gasteiger partial charge < -0.3 is 23.6 Å². The molecule has 1 fully saturated rings. The third-order valence-electron chi connectivity index (χ3n) is 5.95. The van der Waals surface area contributed by atoms with Gasteiger partial charge in [-0.1, -0.05) is 35.5 Å². The molecule has 1 aromatic heterocycles. The number of rotatable bonds is 8. The van der Waals surface area contributed by atoms with Gasteiger partial charge in [-0.3, -0.25) is 4.79 Å². The van der Waals surface area contributed by atoms with E-state index in [-0.39, 0.29) is 18.2 Å². The number of hydrogen-bond acceptors (Lipinski definition) is 7. The first-order valence-electron chi connectivity index (χ1n) is 11.3. The molecule has 0 bridgehead atoms. The highest BCUT2D eigenvalue weighted by Crippen LogP contribution is 2.38. The van der Waals surface area contributed by atoms with E-state index < -0.39 is 0 Å². The zero-order chi connectivity index (χ0) is 24.2. The van der Waals surface area contributed by atoms with Crippen LogP contribution < -0.4 is 19.1 Å². The molecule has 8 heteroatoms. The second-order valence-corrected chi connectivity index (χ2v) is 8.20. The Balaban J connectivity index is 1.27. The molecule has 0 spiro atoms. The molecule has 2 heterocycles. The van der Waals surface area contributed by atoms with Crippen molar-refractivity contribution in [3.63, 3.8) is 0 Å². The first-order chi connectivity index (χ1) is 17.1. The van der Waals surface area contributed by atoms with Gasteiger partial charge in [0.05, 0.1) is 25.8 Å². The van der Waals surface area contributed by atoms with E-state index in [0.29, 0.717) is 42.1 Å². The van der Waals surface area contributed by atoms with Crippen molar-refractivity contribution in [1.29, 1.82) is 0 Å². The summed E-state index contributed by atoms with van der Waals surface area (Å²) < 4.78 is 22.2. The summed E-state index contributed by atoms with van der Waals surface area (Å²) in [5.41, 5.74) is 2.57. The van der Waals surface area contributed by atoms with Crippen LogP contribution in [0.4, 0.5) is 5.69 Å². The SMILES string of the molecule is COc1ccc(OC)c(N2CC(c3nc(-c4ccc(OCc5ccccc5)cc4)no3)CC2=O)c1. The van der Waals surface area contributed by atoms with Gasteiger partial charge in [0.25, 0.3) is 0 Å². The molecule has 3 aromatic carbocycles. The molecule has 1 amide bonds. The van der Waals surface area contributed by atoms with Gasteiger partial charge in [-0.2, -0.15) is 4.98 Å². The smallest absolute Gasteiger partial charge is 0.232 e. The summed E-state index contributed by atoms with van der Waals surface area (Å²) in [6, 6.07) is 22.9. The lowest BCUT2D eigenvalue weighted by Gasteiger charge is -2.20. The Morgan fingerprint density at radius 1 is 0.971 bits per heavy atom. The summed E-state index contributed by atoms with van der Waals surface area (Å²) in [4.78, 5) is 19.1. The fraction of sp³-hybridized carbons (Fsp3) is 0.222. The van der Waals surface area contributed by atoms with Crippen LogP contribution in [0.1, 0.15) is 23.8 Å². The van der Waals surface area contributed by atoms with Crippen LogP contribution in [-0.4, -0.2) is 36.8 Å². The molecule has 178 valence electrons. The number of benzene rings is 3. The number of amides is 1. The van der Waals surface area contributed by atoms with Crippen molar-refractivity contribution < 1.29 is 23.5 Å². The minimum atomic E-state index is -0.215. The lowest BCUT2D eigenvalue weighted by molar-refractivity contribution is -0.117. The standard InChI is InChI=1S/C27H25N3O5/c1-32-22-12-13-24(33-2)23(15-22)30-16-20(14-25(30)31)27-28-26(29-35-27)19-8-10-21(11-9-19)34-17-18-6-4-3-5-7-18/h3-13,15,20H,14,16-17H2,1-2H3. The zero-order valence-electron chi connectivity index (χ0n) is 19.5. The number of methoxy groups -OCH3 is 2. The lowest BCUT2D eigenvalue weighted by Crippen LogP contribution is -2.24. The molecular weight excluding hydrogens is 446 g/mol. The maximum atomic E-state index is 12.8. The van der Waals surface area contributed by atoms with Crippen molar-refractivity contribution in [2.75, 3.05) is 25.7 Å². The minimum absolute atomic E-state index is 0.0405. The van der Waals surface area contributed by atoms with Gasteiger partial charge in [0.2, 0.25) is 17.6 Å². The molecule has 0 saturated carbocycles. The van der Waals surface area contributed by atoms with E-state index in [2.05, 4.69) is 10.1 Å². The largest absolute Gasteiger partial charge is 0.497 e. The fourth-order valence-electron chi connectivity index (χ4n) is 4.07. The summed E-state index contributed by atoms with van der Waals surface area (Å²) >= 11 is 0. The molecule has 4 aromatic rings. The topological polar surface area (TPSA) is 86.9 Å². The first-order valence-corrected chi connectivity index (χ1v) is 11.3. The van der Waals surface area contributed by atoms with Crippen molar-refractivity contribution in [1.82, 2.24) is 10.1 Å². The number of carbonyl (C=O) groups is 1. The Labute approximate surface area is 203 Å². The Kier molecular flexibility index (Phi) is 6.34. The average Bonchev–Trinajstić information content (AvgIpc) is 3.55. The van der Waals surface area contributed by atoms with Crippen LogP contribution >= 0.6 is 0 Å². The van der Waals surface area contributed by atoms with Crippen molar-refractivity contribution in [2.24, 2.45) is 0 Å². The number of hydrogen-bond donors (Lipinski definition) is 0. The van der Waals surface area contributed by atoms with Crippen LogP contribution in [0.2, 0.25) is 0 Å². The van der Waals surface area contributed by atoms with Gasteiger partial charge in [0.15, 0.2) is 0 Å². The second-order valence-electron chi connectivity index (χ2n) is 8.20. The van der Waals surface area contributed by atoms with Crippen LogP contribution in [-0.2, 0) is 11.4 Å². The van der Waals surface area contributed by atoms with Crippen molar-refractivity contribution in [2.45, 2.75) is 18.9 Å². The molecular formula is C27H25N3O5. The van der Waals surface area contributed by atoms with Crippen molar-refractivity contribution in [3.05, 3.63) is 84.3 Å².